The molecule has 3 nitrogen and oxygen atoms in total. The molecule has 0 radical (unpaired) electrons. The third-order valence-electron chi connectivity index (χ3n) is 3.03. The molecule has 0 aliphatic heterocycles. The van der Waals surface area contributed by atoms with Crippen molar-refractivity contribution < 1.29 is 13.9 Å². The van der Waals surface area contributed by atoms with Crippen molar-refractivity contribution in [2.24, 2.45) is 5.73 Å². The molecule has 2 N–H and O–H groups in total. The van der Waals surface area contributed by atoms with Crippen LogP contribution in [0.15, 0.2) is 36.4 Å². The number of hydrogen-bond acceptors (Lipinski definition) is 3. The van der Waals surface area contributed by atoms with Crippen LogP contribution in [-0.4, -0.2) is 7.11 Å². The molecule has 0 aliphatic rings. The van der Waals surface area contributed by atoms with Gasteiger partial charge in [0.15, 0.2) is 11.5 Å². The van der Waals surface area contributed by atoms with Crippen LogP contribution in [0.25, 0.3) is 0 Å². The van der Waals surface area contributed by atoms with Crippen LogP contribution in [0.1, 0.15) is 18.1 Å². The molecule has 0 bridgehead atoms. The Morgan fingerprint density at radius 3 is 2.50 bits per heavy atom. The largest absolute Gasteiger partial charge is 0.493 e. The first-order valence-electron chi connectivity index (χ1n) is 6.50. The minimum Gasteiger partial charge on any atom is -0.493 e. The summed E-state index contributed by atoms with van der Waals surface area (Å²) in [6.07, 6.45) is 0.911. The smallest absolute Gasteiger partial charge is 0.169 e. The molecule has 2 aromatic rings. The Hall–Kier alpha value is -2.07. The first kappa shape index (κ1) is 14.3. The van der Waals surface area contributed by atoms with Gasteiger partial charge in [-0.1, -0.05) is 13.0 Å². The maximum atomic E-state index is 13.5. The number of aryl methyl sites for hydroxylation is 1. The lowest BCUT2D eigenvalue weighted by Gasteiger charge is -2.12. The van der Waals surface area contributed by atoms with Crippen LogP contribution in [0.4, 0.5) is 4.39 Å². The van der Waals surface area contributed by atoms with E-state index >= 15 is 0 Å². The van der Waals surface area contributed by atoms with E-state index in [2.05, 4.69) is 6.92 Å². The lowest BCUT2D eigenvalue weighted by Crippen LogP contribution is -1.98. The second-order valence-corrected chi connectivity index (χ2v) is 4.44. The van der Waals surface area contributed by atoms with Gasteiger partial charge in [-0.25, -0.2) is 4.39 Å². The van der Waals surface area contributed by atoms with Crippen LogP contribution >= 0.6 is 0 Å². The zero-order valence-corrected chi connectivity index (χ0v) is 11.7. The number of halogens is 1. The van der Waals surface area contributed by atoms with Gasteiger partial charge in [0.25, 0.3) is 0 Å². The number of rotatable bonds is 5. The molecule has 0 amide bonds. The minimum atomic E-state index is -0.368. The van der Waals surface area contributed by atoms with Gasteiger partial charge >= 0.3 is 0 Å². The summed E-state index contributed by atoms with van der Waals surface area (Å²) < 4.78 is 24.5. The number of benzene rings is 2. The molecule has 0 unspecified atom stereocenters. The van der Waals surface area contributed by atoms with Gasteiger partial charge in [0.05, 0.1) is 7.11 Å². The fourth-order valence-electron chi connectivity index (χ4n) is 1.94. The summed E-state index contributed by atoms with van der Waals surface area (Å²) in [6, 6.07) is 10.1. The predicted octanol–water partition coefficient (Wildman–Crippen LogP) is 3.65. The quantitative estimate of drug-likeness (QED) is 0.906. The van der Waals surface area contributed by atoms with E-state index in [0.29, 0.717) is 22.8 Å². The van der Waals surface area contributed by atoms with E-state index in [4.69, 9.17) is 15.2 Å². The molecule has 0 fully saturated rings. The molecule has 2 rings (SSSR count). The highest BCUT2D eigenvalue weighted by atomic mass is 19.1. The van der Waals surface area contributed by atoms with Crippen molar-refractivity contribution in [1.29, 1.82) is 0 Å². The average Bonchev–Trinajstić information content (AvgIpc) is 2.47. The Morgan fingerprint density at radius 1 is 1.05 bits per heavy atom. The lowest BCUT2D eigenvalue weighted by molar-refractivity contribution is 0.377. The first-order chi connectivity index (χ1) is 9.66. The number of hydrogen-bond donors (Lipinski definition) is 1. The van der Waals surface area contributed by atoms with Gasteiger partial charge in [-0.3, -0.25) is 0 Å². The van der Waals surface area contributed by atoms with E-state index < -0.39 is 0 Å². The summed E-state index contributed by atoms with van der Waals surface area (Å²) in [5.74, 6) is 1.22. The number of ether oxygens (including phenoxy) is 2. The normalized spacial score (nSPS) is 10.4. The molecule has 0 spiro atoms. The van der Waals surface area contributed by atoms with Gasteiger partial charge in [0.2, 0.25) is 0 Å². The van der Waals surface area contributed by atoms with Crippen molar-refractivity contribution in [1.82, 2.24) is 0 Å². The van der Waals surface area contributed by atoms with E-state index in [9.17, 15) is 4.39 Å². The third kappa shape index (κ3) is 3.27. The van der Waals surface area contributed by atoms with Crippen molar-refractivity contribution >= 4 is 0 Å². The number of methoxy groups -OCH3 is 1. The van der Waals surface area contributed by atoms with Gasteiger partial charge in [0.1, 0.15) is 11.6 Å². The molecular formula is C16H18FNO2. The molecule has 0 atom stereocenters. The molecule has 0 aromatic heterocycles. The van der Waals surface area contributed by atoms with E-state index in [-0.39, 0.29) is 12.4 Å². The molecule has 20 heavy (non-hydrogen) atoms. The Labute approximate surface area is 118 Å². The zero-order valence-electron chi connectivity index (χ0n) is 11.7. The summed E-state index contributed by atoms with van der Waals surface area (Å²) in [5, 5.41) is 0. The van der Waals surface area contributed by atoms with Crippen molar-refractivity contribution in [3.05, 3.63) is 53.3 Å². The minimum absolute atomic E-state index is 0.264. The van der Waals surface area contributed by atoms with E-state index in [1.807, 2.05) is 18.2 Å². The van der Waals surface area contributed by atoms with Gasteiger partial charge in [-0.15, -0.1) is 0 Å². The highest BCUT2D eigenvalue weighted by Gasteiger charge is 2.08. The van der Waals surface area contributed by atoms with Gasteiger partial charge in [-0.2, -0.15) is 0 Å². The third-order valence-corrected chi connectivity index (χ3v) is 3.03. The van der Waals surface area contributed by atoms with E-state index in [1.54, 1.807) is 13.2 Å². The zero-order chi connectivity index (χ0) is 14.5. The van der Waals surface area contributed by atoms with E-state index in [0.717, 1.165) is 12.0 Å². The lowest BCUT2D eigenvalue weighted by atomic mass is 10.1. The topological polar surface area (TPSA) is 44.5 Å². The van der Waals surface area contributed by atoms with Crippen LogP contribution in [0.5, 0.6) is 17.2 Å². The molecule has 106 valence electrons. The summed E-state index contributed by atoms with van der Waals surface area (Å²) in [6.45, 7) is 2.33. The summed E-state index contributed by atoms with van der Waals surface area (Å²) in [4.78, 5) is 0. The maximum absolute atomic E-state index is 13.5. The predicted molar refractivity (Wildman–Crippen MR) is 76.7 cm³/mol. The van der Waals surface area contributed by atoms with Gasteiger partial charge < -0.3 is 15.2 Å². The highest BCUT2D eigenvalue weighted by Crippen LogP contribution is 2.33. The second kappa shape index (κ2) is 6.39. The van der Waals surface area contributed by atoms with Crippen LogP contribution in [0.2, 0.25) is 0 Å². The SMILES string of the molecule is CCc1ccc(Oc2cc(F)cc(CN)c2)c(OC)c1. The van der Waals surface area contributed by atoms with Crippen molar-refractivity contribution in [3.8, 4) is 17.2 Å². The van der Waals surface area contributed by atoms with Crippen LogP contribution in [0.3, 0.4) is 0 Å². The molecule has 0 heterocycles. The molecule has 0 aliphatic carbocycles. The highest BCUT2D eigenvalue weighted by molar-refractivity contribution is 5.46. The summed E-state index contributed by atoms with van der Waals surface area (Å²) in [5.41, 5.74) is 7.36. The van der Waals surface area contributed by atoms with Crippen molar-refractivity contribution in [2.45, 2.75) is 19.9 Å². The summed E-state index contributed by atoms with van der Waals surface area (Å²) in [7, 11) is 1.58. The van der Waals surface area contributed by atoms with Crippen LogP contribution in [0, 0.1) is 5.82 Å². The second-order valence-electron chi connectivity index (χ2n) is 4.44. The Balaban J connectivity index is 2.31. The summed E-state index contributed by atoms with van der Waals surface area (Å²) >= 11 is 0. The van der Waals surface area contributed by atoms with Gasteiger partial charge in [-0.05, 0) is 41.8 Å². The molecule has 4 heteroatoms. The number of nitrogens with two attached hydrogens (primary N) is 1. The molecule has 0 saturated heterocycles. The maximum Gasteiger partial charge on any atom is 0.169 e. The van der Waals surface area contributed by atoms with E-state index in [1.165, 1.54) is 12.1 Å². The van der Waals surface area contributed by atoms with Crippen molar-refractivity contribution in [2.75, 3.05) is 7.11 Å². The monoisotopic (exact) mass is 275 g/mol. The fourth-order valence-corrected chi connectivity index (χ4v) is 1.94. The first-order valence-corrected chi connectivity index (χ1v) is 6.50. The van der Waals surface area contributed by atoms with Crippen LogP contribution in [-0.2, 0) is 13.0 Å². The van der Waals surface area contributed by atoms with Crippen molar-refractivity contribution in [3.63, 3.8) is 0 Å². The molecular weight excluding hydrogens is 257 g/mol. The fraction of sp³-hybridized carbons (Fsp3) is 0.250. The Kier molecular flexibility index (Phi) is 4.58. The average molecular weight is 275 g/mol. The Morgan fingerprint density at radius 2 is 1.85 bits per heavy atom. The van der Waals surface area contributed by atoms with Gasteiger partial charge in [0, 0.05) is 12.6 Å². The molecule has 0 saturated carbocycles. The Bertz CT molecular complexity index is 599. The van der Waals surface area contributed by atoms with Crippen LogP contribution < -0.4 is 15.2 Å². The standard InChI is InChI=1S/C16H18FNO2/c1-3-11-4-5-15(16(8-11)19-2)20-14-7-12(10-18)6-13(17)9-14/h4-9H,3,10,18H2,1-2H3. The molecule has 2 aromatic carbocycles.